The minimum atomic E-state index is -0.127. The molecule has 0 fully saturated rings. The molecular weight excluding hydrogens is 374 g/mol. The first-order valence-electron chi connectivity index (χ1n) is 10.4. The lowest BCUT2D eigenvalue weighted by molar-refractivity contribution is 0.605. The summed E-state index contributed by atoms with van der Waals surface area (Å²) in [6.07, 6.45) is 3.69. The summed E-state index contributed by atoms with van der Waals surface area (Å²) in [6.45, 7) is 4.92. The van der Waals surface area contributed by atoms with Crippen LogP contribution in [0.3, 0.4) is 0 Å². The Morgan fingerprint density at radius 3 is 2.37 bits per heavy atom. The number of benzene rings is 2. The van der Waals surface area contributed by atoms with Crippen molar-refractivity contribution in [1.82, 2.24) is 24.1 Å². The van der Waals surface area contributed by atoms with Crippen LogP contribution in [0.2, 0.25) is 0 Å². The van der Waals surface area contributed by atoms with Crippen LogP contribution in [-0.4, -0.2) is 24.1 Å². The standard InChI is InChI=1S/C24H23N5O/c1-3-4-14-28-22-20(21-23(28)27-19-13-9-8-12-18(19)26-21)24(30)29(15-25-22)16(2)17-10-6-5-7-11-17/h5-13,15-16H,3-4,14H2,1-2H3/t16-/m0/s1. The maximum absolute atomic E-state index is 13.6. The first kappa shape index (κ1) is 18.5. The van der Waals surface area contributed by atoms with Crippen molar-refractivity contribution in [2.75, 3.05) is 0 Å². The number of aromatic nitrogens is 5. The van der Waals surface area contributed by atoms with Crippen molar-refractivity contribution in [3.63, 3.8) is 0 Å². The molecule has 0 radical (unpaired) electrons. The van der Waals surface area contributed by atoms with Gasteiger partial charge in [-0.1, -0.05) is 55.8 Å². The van der Waals surface area contributed by atoms with Gasteiger partial charge in [-0.3, -0.25) is 9.36 Å². The number of fused-ring (bicyclic) bond motifs is 4. The Hall–Kier alpha value is -3.54. The third-order valence-electron chi connectivity index (χ3n) is 5.71. The van der Waals surface area contributed by atoms with Crippen molar-refractivity contribution < 1.29 is 0 Å². The number of hydrogen-bond donors (Lipinski definition) is 0. The van der Waals surface area contributed by atoms with E-state index in [1.165, 1.54) is 0 Å². The Kier molecular flexibility index (Phi) is 4.54. The summed E-state index contributed by atoms with van der Waals surface area (Å²) in [7, 11) is 0. The molecule has 5 aromatic rings. The number of aryl methyl sites for hydroxylation is 1. The van der Waals surface area contributed by atoms with E-state index in [1.807, 2.05) is 66.1 Å². The Bertz CT molecular complexity index is 1420. The number of unbranched alkanes of at least 4 members (excludes halogenated alkanes) is 1. The van der Waals surface area contributed by atoms with Crippen LogP contribution in [0, 0.1) is 0 Å². The van der Waals surface area contributed by atoms with Crippen molar-refractivity contribution in [1.29, 1.82) is 0 Å². The fraction of sp³-hybridized carbons (Fsp3) is 0.250. The molecule has 150 valence electrons. The minimum absolute atomic E-state index is 0.0822. The molecule has 2 aromatic carbocycles. The van der Waals surface area contributed by atoms with Gasteiger partial charge in [0.05, 0.1) is 17.1 Å². The van der Waals surface area contributed by atoms with Gasteiger partial charge in [-0.05, 0) is 31.0 Å². The van der Waals surface area contributed by atoms with Crippen molar-refractivity contribution in [2.45, 2.75) is 39.3 Å². The van der Waals surface area contributed by atoms with Crippen molar-refractivity contribution in [2.24, 2.45) is 0 Å². The van der Waals surface area contributed by atoms with E-state index in [0.717, 1.165) is 41.6 Å². The highest BCUT2D eigenvalue weighted by Crippen LogP contribution is 2.26. The van der Waals surface area contributed by atoms with Gasteiger partial charge in [0.2, 0.25) is 0 Å². The van der Waals surface area contributed by atoms with Crippen LogP contribution in [0.25, 0.3) is 33.2 Å². The van der Waals surface area contributed by atoms with Crippen molar-refractivity contribution in [3.05, 3.63) is 76.8 Å². The maximum atomic E-state index is 13.6. The highest BCUT2D eigenvalue weighted by molar-refractivity contribution is 6.04. The fourth-order valence-electron chi connectivity index (χ4n) is 4.01. The van der Waals surface area contributed by atoms with Gasteiger partial charge in [0, 0.05) is 6.54 Å². The summed E-state index contributed by atoms with van der Waals surface area (Å²) in [5.74, 6) is 0. The van der Waals surface area contributed by atoms with Gasteiger partial charge >= 0.3 is 0 Å². The van der Waals surface area contributed by atoms with Crippen LogP contribution >= 0.6 is 0 Å². The molecule has 0 saturated carbocycles. The number of rotatable bonds is 5. The topological polar surface area (TPSA) is 65.6 Å². The van der Waals surface area contributed by atoms with Gasteiger partial charge in [-0.15, -0.1) is 0 Å². The quantitative estimate of drug-likeness (QED) is 0.431. The first-order chi connectivity index (χ1) is 14.7. The first-order valence-corrected chi connectivity index (χ1v) is 10.4. The molecule has 0 N–H and O–H groups in total. The number of nitrogens with zero attached hydrogens (tertiary/aromatic N) is 5. The van der Waals surface area contributed by atoms with Gasteiger partial charge in [0.15, 0.2) is 11.3 Å². The third kappa shape index (κ3) is 2.87. The lowest BCUT2D eigenvalue weighted by Gasteiger charge is -2.15. The van der Waals surface area contributed by atoms with Crippen LogP contribution in [0.15, 0.2) is 65.7 Å². The zero-order valence-electron chi connectivity index (χ0n) is 17.1. The van der Waals surface area contributed by atoms with Gasteiger partial charge in [0.1, 0.15) is 17.2 Å². The summed E-state index contributed by atoms with van der Waals surface area (Å²) >= 11 is 0. The molecule has 0 spiro atoms. The van der Waals surface area contributed by atoms with E-state index < -0.39 is 0 Å². The van der Waals surface area contributed by atoms with Gasteiger partial charge in [-0.25, -0.2) is 15.0 Å². The van der Waals surface area contributed by atoms with Crippen LogP contribution in [0.1, 0.15) is 38.3 Å². The average molecular weight is 397 g/mol. The molecule has 0 aliphatic heterocycles. The van der Waals surface area contributed by atoms with Crippen molar-refractivity contribution in [3.8, 4) is 0 Å². The van der Waals surface area contributed by atoms with Gasteiger partial charge < -0.3 is 4.57 Å². The zero-order valence-corrected chi connectivity index (χ0v) is 17.1. The molecule has 0 saturated heterocycles. The van der Waals surface area contributed by atoms with E-state index in [1.54, 1.807) is 10.9 Å². The maximum Gasteiger partial charge on any atom is 0.265 e. The molecule has 0 aliphatic rings. The highest BCUT2D eigenvalue weighted by atomic mass is 16.1. The monoisotopic (exact) mass is 397 g/mol. The normalized spacial score (nSPS) is 12.7. The second-order valence-corrected chi connectivity index (χ2v) is 7.63. The summed E-state index contributed by atoms with van der Waals surface area (Å²) < 4.78 is 3.74. The highest BCUT2D eigenvalue weighted by Gasteiger charge is 2.21. The Balaban J connectivity index is 1.82. The third-order valence-corrected chi connectivity index (χ3v) is 5.71. The predicted octanol–water partition coefficient (Wildman–Crippen LogP) is 4.70. The Morgan fingerprint density at radius 2 is 1.63 bits per heavy atom. The lowest BCUT2D eigenvalue weighted by Crippen LogP contribution is -2.24. The molecule has 6 nitrogen and oxygen atoms in total. The molecule has 6 heteroatoms. The molecule has 0 amide bonds. The van der Waals surface area contributed by atoms with Gasteiger partial charge in [0.25, 0.3) is 5.56 Å². The van der Waals surface area contributed by atoms with Crippen LogP contribution in [-0.2, 0) is 6.54 Å². The van der Waals surface area contributed by atoms with E-state index in [9.17, 15) is 4.79 Å². The molecule has 3 aromatic heterocycles. The second kappa shape index (κ2) is 7.37. The lowest BCUT2D eigenvalue weighted by atomic mass is 10.1. The largest absolute Gasteiger partial charge is 0.308 e. The van der Waals surface area contributed by atoms with Gasteiger partial charge in [-0.2, -0.15) is 0 Å². The average Bonchev–Trinajstić information content (AvgIpc) is 3.09. The Labute approximate surface area is 173 Å². The number of hydrogen-bond acceptors (Lipinski definition) is 4. The summed E-state index contributed by atoms with van der Waals surface area (Å²) in [4.78, 5) is 28.0. The fourth-order valence-corrected chi connectivity index (χ4v) is 4.01. The van der Waals surface area contributed by atoms with E-state index in [2.05, 4.69) is 6.92 Å². The molecule has 0 unspecified atom stereocenters. The smallest absolute Gasteiger partial charge is 0.265 e. The minimum Gasteiger partial charge on any atom is -0.308 e. The zero-order chi connectivity index (χ0) is 20.7. The summed E-state index contributed by atoms with van der Waals surface area (Å²) in [6, 6.07) is 17.6. The summed E-state index contributed by atoms with van der Waals surface area (Å²) in [5.41, 5.74) is 4.61. The van der Waals surface area contributed by atoms with E-state index in [-0.39, 0.29) is 11.6 Å². The molecule has 1 atom stereocenters. The van der Waals surface area contributed by atoms with Crippen molar-refractivity contribution >= 4 is 33.2 Å². The van der Waals surface area contributed by atoms with Crippen LogP contribution < -0.4 is 5.56 Å². The Morgan fingerprint density at radius 1 is 0.933 bits per heavy atom. The SMILES string of the molecule is CCCCn1c2nc3ccccc3nc2c2c(=O)n([C@@H](C)c3ccccc3)cnc21. The predicted molar refractivity (Wildman–Crippen MR) is 120 cm³/mol. The second-order valence-electron chi connectivity index (χ2n) is 7.63. The van der Waals surface area contributed by atoms with E-state index in [4.69, 9.17) is 15.0 Å². The molecule has 3 heterocycles. The van der Waals surface area contributed by atoms with E-state index >= 15 is 0 Å². The van der Waals surface area contributed by atoms with Crippen LogP contribution in [0.5, 0.6) is 0 Å². The molecule has 5 rings (SSSR count). The molecule has 30 heavy (non-hydrogen) atoms. The number of para-hydroxylation sites is 2. The van der Waals surface area contributed by atoms with Crippen LogP contribution in [0.4, 0.5) is 0 Å². The van der Waals surface area contributed by atoms with E-state index in [0.29, 0.717) is 16.6 Å². The molecule has 0 aliphatic carbocycles. The molecular formula is C24H23N5O. The summed E-state index contributed by atoms with van der Waals surface area (Å²) in [5, 5.41) is 0.546. The molecule has 0 bridgehead atoms.